The van der Waals surface area contributed by atoms with Crippen molar-refractivity contribution in [3.8, 4) is 0 Å². The Balaban J connectivity index is 2.52. The SMILES string of the molecule is CC1(C)CC1C(=O)C=O. The third kappa shape index (κ3) is 1.02. The van der Waals surface area contributed by atoms with Crippen molar-refractivity contribution in [2.45, 2.75) is 20.3 Å². The topological polar surface area (TPSA) is 34.1 Å². The molecular weight excluding hydrogens is 116 g/mol. The van der Waals surface area contributed by atoms with Crippen LogP contribution in [0.4, 0.5) is 0 Å². The lowest BCUT2D eigenvalue weighted by Crippen LogP contribution is -2.05. The molecule has 1 aliphatic rings. The van der Waals surface area contributed by atoms with Crippen molar-refractivity contribution >= 4 is 12.1 Å². The molecule has 1 unspecified atom stereocenters. The van der Waals surface area contributed by atoms with Crippen LogP contribution in [-0.2, 0) is 9.59 Å². The molecule has 0 saturated heterocycles. The number of aldehydes is 1. The molecule has 50 valence electrons. The van der Waals surface area contributed by atoms with Crippen LogP contribution in [0.5, 0.6) is 0 Å². The van der Waals surface area contributed by atoms with Crippen molar-refractivity contribution in [3.05, 3.63) is 0 Å². The minimum Gasteiger partial charge on any atom is -0.295 e. The summed E-state index contributed by atoms with van der Waals surface area (Å²) in [5, 5.41) is 0. The standard InChI is InChI=1S/C7H10O2/c1-7(2)3-5(7)6(9)4-8/h4-5H,3H2,1-2H3. The van der Waals surface area contributed by atoms with E-state index in [2.05, 4.69) is 0 Å². The Bertz CT molecular complexity index is 158. The normalized spacial score (nSPS) is 29.3. The lowest BCUT2D eigenvalue weighted by Gasteiger charge is -1.94. The highest BCUT2D eigenvalue weighted by atomic mass is 16.2. The fraction of sp³-hybridized carbons (Fsp3) is 0.714. The predicted octanol–water partition coefficient (Wildman–Crippen LogP) is 0.800. The third-order valence-corrected chi connectivity index (χ3v) is 1.97. The van der Waals surface area contributed by atoms with E-state index >= 15 is 0 Å². The zero-order chi connectivity index (χ0) is 7.07. The summed E-state index contributed by atoms with van der Waals surface area (Å²) in [5.74, 6) is -0.213. The fourth-order valence-corrected chi connectivity index (χ4v) is 1.04. The minimum atomic E-state index is -0.236. The molecule has 0 amide bonds. The van der Waals surface area contributed by atoms with Crippen LogP contribution < -0.4 is 0 Å². The van der Waals surface area contributed by atoms with E-state index in [-0.39, 0.29) is 17.1 Å². The molecule has 0 bridgehead atoms. The number of hydrogen-bond acceptors (Lipinski definition) is 2. The van der Waals surface area contributed by atoms with E-state index in [4.69, 9.17) is 0 Å². The maximum Gasteiger partial charge on any atom is 0.198 e. The average molecular weight is 126 g/mol. The summed E-state index contributed by atoms with van der Waals surface area (Å²) in [6.07, 6.45) is 1.31. The van der Waals surface area contributed by atoms with Crippen molar-refractivity contribution in [1.29, 1.82) is 0 Å². The quantitative estimate of drug-likeness (QED) is 0.405. The van der Waals surface area contributed by atoms with Crippen LogP contribution in [0.25, 0.3) is 0 Å². The molecule has 0 radical (unpaired) electrons. The van der Waals surface area contributed by atoms with Crippen molar-refractivity contribution in [2.24, 2.45) is 11.3 Å². The number of ketones is 1. The van der Waals surface area contributed by atoms with Gasteiger partial charge >= 0.3 is 0 Å². The van der Waals surface area contributed by atoms with Gasteiger partial charge in [-0.1, -0.05) is 13.8 Å². The van der Waals surface area contributed by atoms with Crippen LogP contribution >= 0.6 is 0 Å². The maximum absolute atomic E-state index is 10.6. The van der Waals surface area contributed by atoms with E-state index in [9.17, 15) is 9.59 Å². The summed E-state index contributed by atoms with van der Waals surface area (Å²) < 4.78 is 0. The highest BCUT2D eigenvalue weighted by Gasteiger charge is 2.49. The van der Waals surface area contributed by atoms with Gasteiger partial charge in [-0.2, -0.15) is 0 Å². The Kier molecular flexibility index (Phi) is 1.19. The third-order valence-electron chi connectivity index (χ3n) is 1.97. The first-order valence-electron chi connectivity index (χ1n) is 3.07. The fourth-order valence-electron chi connectivity index (χ4n) is 1.04. The molecule has 9 heavy (non-hydrogen) atoms. The minimum absolute atomic E-state index is 0.0231. The molecule has 0 aromatic rings. The molecule has 1 saturated carbocycles. The van der Waals surface area contributed by atoms with Gasteiger partial charge < -0.3 is 0 Å². The molecule has 1 fully saturated rings. The lowest BCUT2D eigenvalue weighted by molar-refractivity contribution is -0.131. The molecule has 0 aromatic heterocycles. The van der Waals surface area contributed by atoms with Gasteiger partial charge in [-0.3, -0.25) is 9.59 Å². The number of carbonyl (C=O) groups excluding carboxylic acids is 2. The molecule has 0 aliphatic heterocycles. The van der Waals surface area contributed by atoms with E-state index < -0.39 is 0 Å². The first-order valence-corrected chi connectivity index (χ1v) is 3.07. The monoisotopic (exact) mass is 126 g/mol. The zero-order valence-electron chi connectivity index (χ0n) is 5.68. The van der Waals surface area contributed by atoms with Crippen LogP contribution in [0, 0.1) is 11.3 Å². The lowest BCUT2D eigenvalue weighted by atomic mass is 10.1. The van der Waals surface area contributed by atoms with Gasteiger partial charge in [0, 0.05) is 5.92 Å². The highest BCUT2D eigenvalue weighted by Crippen LogP contribution is 2.51. The molecule has 1 aliphatic carbocycles. The van der Waals surface area contributed by atoms with E-state index in [0.717, 1.165) is 6.42 Å². The summed E-state index contributed by atoms with van der Waals surface area (Å²) in [5.41, 5.74) is 0.109. The number of Topliss-reactive ketones (excluding diaryl/α,β-unsaturated/α-hetero) is 1. The van der Waals surface area contributed by atoms with Crippen molar-refractivity contribution in [2.75, 3.05) is 0 Å². The van der Waals surface area contributed by atoms with E-state index in [1.165, 1.54) is 0 Å². The van der Waals surface area contributed by atoms with Gasteiger partial charge in [0.1, 0.15) is 0 Å². The molecule has 1 rings (SSSR count). The van der Waals surface area contributed by atoms with Gasteiger partial charge in [-0.05, 0) is 11.8 Å². The molecule has 0 spiro atoms. The zero-order valence-corrected chi connectivity index (χ0v) is 5.68. The second-order valence-corrected chi connectivity index (χ2v) is 3.27. The predicted molar refractivity (Wildman–Crippen MR) is 33.0 cm³/mol. The molecule has 0 aromatic carbocycles. The van der Waals surface area contributed by atoms with Crippen molar-refractivity contribution in [1.82, 2.24) is 0 Å². The first kappa shape index (κ1) is 6.46. The Labute approximate surface area is 54.2 Å². The Morgan fingerprint density at radius 3 is 2.22 bits per heavy atom. The second-order valence-electron chi connectivity index (χ2n) is 3.27. The van der Waals surface area contributed by atoms with E-state index in [1.54, 1.807) is 0 Å². The second kappa shape index (κ2) is 1.66. The van der Waals surface area contributed by atoms with Crippen LogP contribution in [0.2, 0.25) is 0 Å². The summed E-state index contributed by atoms with van der Waals surface area (Å²) >= 11 is 0. The molecular formula is C7H10O2. The number of rotatable bonds is 2. The van der Waals surface area contributed by atoms with Crippen LogP contribution in [0.15, 0.2) is 0 Å². The largest absolute Gasteiger partial charge is 0.295 e. The van der Waals surface area contributed by atoms with Gasteiger partial charge in [-0.15, -0.1) is 0 Å². The van der Waals surface area contributed by atoms with Crippen molar-refractivity contribution < 1.29 is 9.59 Å². The van der Waals surface area contributed by atoms with Crippen molar-refractivity contribution in [3.63, 3.8) is 0 Å². The summed E-state index contributed by atoms with van der Waals surface area (Å²) in [4.78, 5) is 20.5. The molecule has 1 atom stereocenters. The van der Waals surface area contributed by atoms with E-state index in [0.29, 0.717) is 6.29 Å². The van der Waals surface area contributed by atoms with Gasteiger partial charge in [0.25, 0.3) is 0 Å². The Morgan fingerprint density at radius 1 is 1.67 bits per heavy atom. The summed E-state index contributed by atoms with van der Waals surface area (Å²) in [6, 6.07) is 0. The first-order chi connectivity index (χ1) is 4.08. The Morgan fingerprint density at radius 2 is 2.11 bits per heavy atom. The number of hydrogen-bond donors (Lipinski definition) is 0. The Hall–Kier alpha value is -0.660. The summed E-state index contributed by atoms with van der Waals surface area (Å²) in [7, 11) is 0. The molecule has 0 N–H and O–H groups in total. The van der Waals surface area contributed by atoms with Crippen LogP contribution in [0.1, 0.15) is 20.3 Å². The van der Waals surface area contributed by atoms with Gasteiger partial charge in [0.15, 0.2) is 12.1 Å². The molecule has 0 heterocycles. The van der Waals surface area contributed by atoms with Crippen LogP contribution in [-0.4, -0.2) is 12.1 Å². The molecule has 2 nitrogen and oxygen atoms in total. The van der Waals surface area contributed by atoms with Gasteiger partial charge in [0.05, 0.1) is 0 Å². The smallest absolute Gasteiger partial charge is 0.198 e. The number of carbonyl (C=O) groups is 2. The van der Waals surface area contributed by atoms with Crippen LogP contribution in [0.3, 0.4) is 0 Å². The maximum atomic E-state index is 10.6. The molecule has 2 heteroatoms. The van der Waals surface area contributed by atoms with Gasteiger partial charge in [0.2, 0.25) is 0 Å². The summed E-state index contributed by atoms with van der Waals surface area (Å²) in [6.45, 7) is 4.00. The average Bonchev–Trinajstić information content (AvgIpc) is 2.38. The highest BCUT2D eigenvalue weighted by molar-refractivity contribution is 6.27. The van der Waals surface area contributed by atoms with E-state index in [1.807, 2.05) is 13.8 Å². The van der Waals surface area contributed by atoms with Gasteiger partial charge in [-0.25, -0.2) is 0 Å².